The first-order chi connectivity index (χ1) is 12.4. The van der Waals surface area contributed by atoms with Gasteiger partial charge in [0.05, 0.1) is 22.8 Å². The maximum absolute atomic E-state index is 12.4. The molecule has 0 fully saturated rings. The van der Waals surface area contributed by atoms with Gasteiger partial charge in [0.1, 0.15) is 5.75 Å². The average molecular weight is 375 g/mol. The molecule has 26 heavy (non-hydrogen) atoms. The molecule has 0 aromatic heterocycles. The van der Waals surface area contributed by atoms with Gasteiger partial charge < -0.3 is 10.1 Å². The third kappa shape index (κ3) is 4.85. The Kier molecular flexibility index (Phi) is 6.80. The van der Waals surface area contributed by atoms with Crippen molar-refractivity contribution in [1.29, 1.82) is 0 Å². The fourth-order valence-corrected chi connectivity index (χ4v) is 3.78. The van der Waals surface area contributed by atoms with E-state index < -0.39 is 15.1 Å². The smallest absolute Gasteiger partial charge is 0.252 e. The zero-order valence-corrected chi connectivity index (χ0v) is 16.2. The maximum atomic E-state index is 12.4. The summed E-state index contributed by atoms with van der Waals surface area (Å²) in [6.07, 6.45) is 1.58. The number of nitrogens with one attached hydrogen (secondary N) is 1. The van der Waals surface area contributed by atoms with Crippen LogP contribution in [0, 0.1) is 0 Å². The number of ether oxygens (including phenoxy) is 1. The predicted octanol–water partition coefficient (Wildman–Crippen LogP) is 3.24. The standard InChI is InChI=1S/C20H25NO4S/c1-15(2)26(23,24)19-9-5-4-8-18(19)20(22)21-14-6-7-16-10-12-17(25-3)13-11-16/h4-5,8-13,15H,6-7,14H2,1-3H3,(H,21,22). The molecule has 6 heteroatoms. The minimum Gasteiger partial charge on any atom is -0.497 e. The minimum atomic E-state index is -3.51. The van der Waals surface area contributed by atoms with Crippen molar-refractivity contribution >= 4 is 15.7 Å². The Labute approximate surface area is 155 Å². The van der Waals surface area contributed by atoms with E-state index in [1.165, 1.54) is 6.07 Å². The largest absolute Gasteiger partial charge is 0.497 e. The summed E-state index contributed by atoms with van der Waals surface area (Å²) in [5, 5.41) is 2.24. The van der Waals surface area contributed by atoms with Crippen molar-refractivity contribution in [1.82, 2.24) is 5.32 Å². The molecule has 1 N–H and O–H groups in total. The molecule has 0 saturated carbocycles. The Morgan fingerprint density at radius 2 is 1.73 bits per heavy atom. The Bertz CT molecular complexity index is 842. The molecule has 0 bridgehead atoms. The van der Waals surface area contributed by atoms with E-state index in [-0.39, 0.29) is 16.4 Å². The summed E-state index contributed by atoms with van der Waals surface area (Å²) in [6, 6.07) is 14.1. The van der Waals surface area contributed by atoms with Crippen molar-refractivity contribution in [3.05, 3.63) is 59.7 Å². The number of carbonyl (C=O) groups excluding carboxylic acids is 1. The second-order valence-corrected chi connectivity index (χ2v) is 8.77. The number of amides is 1. The molecule has 0 atom stereocenters. The fourth-order valence-electron chi connectivity index (χ4n) is 2.54. The monoisotopic (exact) mass is 375 g/mol. The van der Waals surface area contributed by atoms with Gasteiger partial charge in [-0.1, -0.05) is 24.3 Å². The van der Waals surface area contributed by atoms with Crippen LogP contribution in [0.15, 0.2) is 53.4 Å². The van der Waals surface area contributed by atoms with E-state index in [2.05, 4.69) is 5.32 Å². The zero-order valence-electron chi connectivity index (χ0n) is 15.4. The Balaban J connectivity index is 1.96. The number of benzene rings is 2. The van der Waals surface area contributed by atoms with E-state index in [1.54, 1.807) is 39.2 Å². The van der Waals surface area contributed by atoms with Crippen LogP contribution < -0.4 is 10.1 Å². The fraction of sp³-hybridized carbons (Fsp3) is 0.350. The summed E-state index contributed by atoms with van der Waals surface area (Å²) in [4.78, 5) is 12.5. The van der Waals surface area contributed by atoms with Crippen LogP contribution in [0.4, 0.5) is 0 Å². The Hall–Kier alpha value is -2.34. The van der Waals surface area contributed by atoms with Crippen LogP contribution in [0.25, 0.3) is 0 Å². The summed E-state index contributed by atoms with van der Waals surface area (Å²) in [5.74, 6) is 0.449. The molecule has 0 aliphatic rings. The zero-order chi connectivity index (χ0) is 19.2. The molecular formula is C20H25NO4S. The molecule has 2 rings (SSSR count). The Morgan fingerprint density at radius 3 is 2.35 bits per heavy atom. The van der Waals surface area contributed by atoms with Crippen LogP contribution in [0.1, 0.15) is 36.2 Å². The molecule has 0 saturated heterocycles. The molecule has 2 aromatic rings. The van der Waals surface area contributed by atoms with Gasteiger partial charge in [-0.3, -0.25) is 4.79 Å². The Morgan fingerprint density at radius 1 is 1.08 bits per heavy atom. The second kappa shape index (κ2) is 8.85. The minimum absolute atomic E-state index is 0.0858. The van der Waals surface area contributed by atoms with Gasteiger partial charge in [0, 0.05) is 6.54 Å². The summed E-state index contributed by atoms with van der Waals surface area (Å²) < 4.78 is 30.0. The van der Waals surface area contributed by atoms with E-state index in [1.807, 2.05) is 24.3 Å². The van der Waals surface area contributed by atoms with E-state index in [0.29, 0.717) is 6.54 Å². The molecular weight excluding hydrogens is 350 g/mol. The van der Waals surface area contributed by atoms with Crippen LogP contribution >= 0.6 is 0 Å². The number of hydrogen-bond acceptors (Lipinski definition) is 4. The van der Waals surface area contributed by atoms with Crippen molar-refractivity contribution in [2.24, 2.45) is 0 Å². The first-order valence-corrected chi connectivity index (χ1v) is 10.1. The van der Waals surface area contributed by atoms with Gasteiger partial charge in [0.2, 0.25) is 0 Å². The quantitative estimate of drug-likeness (QED) is 0.719. The van der Waals surface area contributed by atoms with E-state index in [9.17, 15) is 13.2 Å². The third-order valence-corrected chi connectivity index (χ3v) is 6.36. The molecule has 0 unspecified atom stereocenters. The van der Waals surface area contributed by atoms with Gasteiger partial charge in [0.25, 0.3) is 5.91 Å². The number of carbonyl (C=O) groups is 1. The van der Waals surface area contributed by atoms with Gasteiger partial charge in [-0.2, -0.15) is 0 Å². The number of sulfone groups is 1. The lowest BCUT2D eigenvalue weighted by atomic mass is 10.1. The topological polar surface area (TPSA) is 72.5 Å². The highest BCUT2D eigenvalue weighted by atomic mass is 32.2. The lowest BCUT2D eigenvalue weighted by molar-refractivity contribution is 0.0950. The summed E-state index contributed by atoms with van der Waals surface area (Å²) in [5.41, 5.74) is 1.36. The molecule has 0 heterocycles. The predicted molar refractivity (Wildman–Crippen MR) is 102 cm³/mol. The van der Waals surface area contributed by atoms with Crippen LogP contribution in [-0.4, -0.2) is 33.2 Å². The van der Waals surface area contributed by atoms with Crippen molar-refractivity contribution < 1.29 is 17.9 Å². The van der Waals surface area contributed by atoms with Crippen LogP contribution in [0.2, 0.25) is 0 Å². The maximum Gasteiger partial charge on any atom is 0.252 e. The SMILES string of the molecule is COc1ccc(CCCNC(=O)c2ccccc2S(=O)(=O)C(C)C)cc1. The summed E-state index contributed by atoms with van der Waals surface area (Å²) in [7, 11) is -1.88. The normalized spacial score (nSPS) is 11.4. The molecule has 140 valence electrons. The highest BCUT2D eigenvalue weighted by molar-refractivity contribution is 7.92. The molecule has 0 spiro atoms. The van der Waals surface area contributed by atoms with Crippen LogP contribution in [0.3, 0.4) is 0 Å². The number of aryl methyl sites for hydroxylation is 1. The van der Waals surface area contributed by atoms with Crippen molar-refractivity contribution in [2.45, 2.75) is 36.8 Å². The molecule has 5 nitrogen and oxygen atoms in total. The number of hydrogen-bond donors (Lipinski definition) is 1. The lowest BCUT2D eigenvalue weighted by Gasteiger charge is -2.13. The van der Waals surface area contributed by atoms with Gasteiger partial charge in [-0.25, -0.2) is 8.42 Å². The third-order valence-electron chi connectivity index (χ3n) is 4.15. The molecule has 2 aromatic carbocycles. The van der Waals surface area contributed by atoms with Crippen molar-refractivity contribution in [2.75, 3.05) is 13.7 Å². The number of methoxy groups -OCH3 is 1. The van der Waals surface area contributed by atoms with Gasteiger partial charge in [-0.05, 0) is 56.5 Å². The highest BCUT2D eigenvalue weighted by Gasteiger charge is 2.24. The molecule has 1 amide bonds. The first kappa shape index (κ1) is 20.0. The van der Waals surface area contributed by atoms with Crippen LogP contribution in [0.5, 0.6) is 5.75 Å². The van der Waals surface area contributed by atoms with Crippen molar-refractivity contribution in [3.8, 4) is 5.75 Å². The van der Waals surface area contributed by atoms with Gasteiger partial charge in [-0.15, -0.1) is 0 Å². The van der Waals surface area contributed by atoms with Crippen molar-refractivity contribution in [3.63, 3.8) is 0 Å². The van der Waals surface area contributed by atoms with E-state index in [4.69, 9.17) is 4.74 Å². The summed E-state index contributed by atoms with van der Waals surface area (Å²) >= 11 is 0. The lowest BCUT2D eigenvalue weighted by Crippen LogP contribution is -2.27. The first-order valence-electron chi connectivity index (χ1n) is 8.60. The molecule has 0 aliphatic carbocycles. The molecule has 0 aliphatic heterocycles. The average Bonchev–Trinajstić information content (AvgIpc) is 2.65. The van der Waals surface area contributed by atoms with E-state index >= 15 is 0 Å². The second-order valence-electron chi connectivity index (χ2n) is 6.30. The highest BCUT2D eigenvalue weighted by Crippen LogP contribution is 2.20. The van der Waals surface area contributed by atoms with Crippen LogP contribution in [-0.2, 0) is 16.3 Å². The summed E-state index contributed by atoms with van der Waals surface area (Å²) in [6.45, 7) is 3.69. The van der Waals surface area contributed by atoms with Gasteiger partial charge >= 0.3 is 0 Å². The number of rotatable bonds is 8. The van der Waals surface area contributed by atoms with Gasteiger partial charge in [0.15, 0.2) is 9.84 Å². The molecule has 0 radical (unpaired) electrons. The van der Waals surface area contributed by atoms with E-state index in [0.717, 1.165) is 24.2 Å².